The Morgan fingerprint density at radius 1 is 1.33 bits per heavy atom. The molecule has 0 radical (unpaired) electrons. The summed E-state index contributed by atoms with van der Waals surface area (Å²) in [5.74, 6) is -0.706. The third kappa shape index (κ3) is 4.78. The fourth-order valence-electron chi connectivity index (χ4n) is 2.36. The van der Waals surface area contributed by atoms with Crippen molar-refractivity contribution in [2.75, 3.05) is 19.4 Å². The molecule has 0 spiro atoms. The van der Waals surface area contributed by atoms with Crippen molar-refractivity contribution in [3.63, 3.8) is 0 Å². The Morgan fingerprint density at radius 3 is 2.42 bits per heavy atom. The minimum Gasteiger partial charge on any atom is -0.376 e. The maximum Gasteiger partial charge on any atom is 0.293 e. The maximum absolute atomic E-state index is 12.5. The zero-order valence-corrected chi connectivity index (χ0v) is 14.9. The fourth-order valence-corrected chi connectivity index (χ4v) is 2.36. The largest absolute Gasteiger partial charge is 0.376 e. The average molecular weight is 335 g/mol. The molecule has 1 atom stereocenters. The van der Waals surface area contributed by atoms with Crippen LogP contribution in [0.15, 0.2) is 12.1 Å². The van der Waals surface area contributed by atoms with Crippen LogP contribution in [0.5, 0.6) is 0 Å². The van der Waals surface area contributed by atoms with Crippen LogP contribution in [0.4, 0.5) is 11.4 Å². The zero-order chi connectivity index (χ0) is 18.4. The van der Waals surface area contributed by atoms with Crippen LogP contribution < -0.4 is 5.32 Å². The number of carbonyl (C=O) groups is 2. The lowest BCUT2D eigenvalue weighted by molar-refractivity contribution is -0.384. The highest BCUT2D eigenvalue weighted by atomic mass is 16.6. The normalized spacial score (nSPS) is 11.7. The predicted octanol–water partition coefficient (Wildman–Crippen LogP) is 3.49. The number of anilines is 1. The molecule has 0 aliphatic rings. The molecule has 7 heteroatoms. The Labute approximate surface area is 142 Å². The molecule has 0 saturated carbocycles. The number of nitro benzene ring substituents is 1. The zero-order valence-electron chi connectivity index (χ0n) is 14.9. The molecule has 0 fully saturated rings. The monoisotopic (exact) mass is 335 g/mol. The van der Waals surface area contributed by atoms with Crippen molar-refractivity contribution in [3.05, 3.63) is 33.4 Å². The fraction of sp³-hybridized carbons (Fsp3) is 0.529. The number of hydrogen-bond acceptors (Lipinski definition) is 5. The van der Waals surface area contributed by atoms with E-state index < -0.39 is 4.92 Å². The Bertz CT molecular complexity index is 641. The van der Waals surface area contributed by atoms with Gasteiger partial charge in [0.25, 0.3) is 11.6 Å². The molecule has 0 aromatic heterocycles. The second-order valence-electron chi connectivity index (χ2n) is 6.12. The first kappa shape index (κ1) is 19.6. The third-order valence-electron chi connectivity index (χ3n) is 3.74. The van der Waals surface area contributed by atoms with Crippen LogP contribution in [-0.2, 0) is 0 Å². The van der Waals surface area contributed by atoms with Gasteiger partial charge in [0.05, 0.1) is 10.5 Å². The number of amides is 1. The number of ketones is 1. The predicted molar refractivity (Wildman–Crippen MR) is 93.7 cm³/mol. The molecular weight excluding hydrogens is 310 g/mol. The van der Waals surface area contributed by atoms with Crippen molar-refractivity contribution in [2.24, 2.45) is 0 Å². The Hall–Kier alpha value is -2.44. The van der Waals surface area contributed by atoms with Crippen molar-refractivity contribution < 1.29 is 14.5 Å². The summed E-state index contributed by atoms with van der Waals surface area (Å²) < 4.78 is 0. The summed E-state index contributed by atoms with van der Waals surface area (Å²) in [7, 11) is 3.14. The molecule has 0 unspecified atom stereocenters. The quantitative estimate of drug-likeness (QED) is 0.446. The second kappa shape index (κ2) is 8.42. The van der Waals surface area contributed by atoms with E-state index in [4.69, 9.17) is 0 Å². The number of carbonyl (C=O) groups excluding carboxylic acids is 2. The number of nitrogens with one attached hydrogen (secondary N) is 1. The number of rotatable bonds is 8. The highest BCUT2D eigenvalue weighted by Crippen LogP contribution is 2.32. The van der Waals surface area contributed by atoms with Crippen LogP contribution in [0, 0.1) is 10.1 Å². The van der Waals surface area contributed by atoms with Crippen LogP contribution >= 0.6 is 0 Å². The maximum atomic E-state index is 12.5. The van der Waals surface area contributed by atoms with Gasteiger partial charge in [-0.2, -0.15) is 0 Å². The first-order valence-corrected chi connectivity index (χ1v) is 8.00. The molecule has 0 aliphatic carbocycles. The van der Waals surface area contributed by atoms with E-state index in [0.29, 0.717) is 0 Å². The summed E-state index contributed by atoms with van der Waals surface area (Å²) in [6, 6.07) is 2.62. The van der Waals surface area contributed by atoms with Gasteiger partial charge in [-0.1, -0.05) is 19.8 Å². The molecule has 0 saturated heterocycles. The van der Waals surface area contributed by atoms with Gasteiger partial charge in [0.2, 0.25) is 0 Å². The molecule has 24 heavy (non-hydrogen) atoms. The molecule has 0 bridgehead atoms. The summed E-state index contributed by atoms with van der Waals surface area (Å²) in [5.41, 5.74) is 0.213. The number of Topliss-reactive ketones (excluding diaryl/α,β-unsaturated/α-hetero) is 1. The van der Waals surface area contributed by atoms with Crippen molar-refractivity contribution in [2.45, 2.75) is 46.1 Å². The molecule has 132 valence electrons. The summed E-state index contributed by atoms with van der Waals surface area (Å²) in [4.78, 5) is 36.4. The SMILES string of the molecule is CCCC[C@@H](C)Nc1c(C(=O)N(C)C)cc(C(C)=O)cc1[N+](=O)[O-]. The Kier molecular flexibility index (Phi) is 6.88. The van der Waals surface area contributed by atoms with E-state index in [-0.39, 0.29) is 40.2 Å². The summed E-state index contributed by atoms with van der Waals surface area (Å²) in [6.07, 6.45) is 2.82. The van der Waals surface area contributed by atoms with E-state index in [0.717, 1.165) is 19.3 Å². The molecule has 1 aromatic rings. The number of nitro groups is 1. The van der Waals surface area contributed by atoms with E-state index in [2.05, 4.69) is 12.2 Å². The van der Waals surface area contributed by atoms with Gasteiger partial charge in [0, 0.05) is 31.8 Å². The van der Waals surface area contributed by atoms with Crippen molar-refractivity contribution in [3.8, 4) is 0 Å². The van der Waals surface area contributed by atoms with Gasteiger partial charge in [-0.05, 0) is 26.3 Å². The average Bonchev–Trinajstić information content (AvgIpc) is 2.51. The van der Waals surface area contributed by atoms with Gasteiger partial charge < -0.3 is 10.2 Å². The molecule has 1 amide bonds. The van der Waals surface area contributed by atoms with Gasteiger partial charge in [-0.15, -0.1) is 0 Å². The highest BCUT2D eigenvalue weighted by molar-refractivity contribution is 6.05. The van der Waals surface area contributed by atoms with Gasteiger partial charge in [-0.25, -0.2) is 0 Å². The van der Waals surface area contributed by atoms with Crippen molar-refractivity contribution in [1.82, 2.24) is 4.90 Å². The van der Waals surface area contributed by atoms with E-state index in [1.807, 2.05) is 6.92 Å². The lowest BCUT2D eigenvalue weighted by Crippen LogP contribution is -2.25. The lowest BCUT2D eigenvalue weighted by Gasteiger charge is -2.20. The number of hydrogen-bond donors (Lipinski definition) is 1. The van der Waals surface area contributed by atoms with Crippen LogP contribution in [-0.4, -0.2) is 41.7 Å². The van der Waals surface area contributed by atoms with Crippen LogP contribution in [0.25, 0.3) is 0 Å². The van der Waals surface area contributed by atoms with Crippen molar-refractivity contribution >= 4 is 23.1 Å². The van der Waals surface area contributed by atoms with E-state index in [9.17, 15) is 19.7 Å². The van der Waals surface area contributed by atoms with E-state index in [1.165, 1.54) is 24.0 Å². The molecule has 1 aromatic carbocycles. The molecular formula is C17H25N3O4. The van der Waals surface area contributed by atoms with E-state index >= 15 is 0 Å². The third-order valence-corrected chi connectivity index (χ3v) is 3.74. The van der Waals surface area contributed by atoms with Gasteiger partial charge >= 0.3 is 0 Å². The smallest absolute Gasteiger partial charge is 0.293 e. The molecule has 0 heterocycles. The number of nitrogens with zero attached hydrogens (tertiary/aromatic N) is 2. The van der Waals surface area contributed by atoms with Crippen LogP contribution in [0.2, 0.25) is 0 Å². The highest BCUT2D eigenvalue weighted by Gasteiger charge is 2.26. The number of unbranched alkanes of at least 4 members (excludes halogenated alkanes) is 1. The topological polar surface area (TPSA) is 92.6 Å². The first-order chi connectivity index (χ1) is 11.2. The van der Waals surface area contributed by atoms with Gasteiger partial charge in [-0.3, -0.25) is 19.7 Å². The standard InChI is InChI=1S/C17H25N3O4/c1-6-7-8-11(2)18-16-14(17(22)19(4)5)9-13(12(3)21)10-15(16)20(23)24/h9-11,18H,6-8H2,1-5H3/t11-/m1/s1. The molecule has 1 rings (SSSR count). The second-order valence-corrected chi connectivity index (χ2v) is 6.12. The number of benzene rings is 1. The summed E-state index contributed by atoms with van der Waals surface area (Å²) in [5, 5.41) is 14.6. The molecule has 0 aliphatic heterocycles. The Morgan fingerprint density at radius 2 is 1.96 bits per heavy atom. The van der Waals surface area contributed by atoms with Crippen LogP contribution in [0.1, 0.15) is 60.7 Å². The Balaban J connectivity index is 3.47. The van der Waals surface area contributed by atoms with Crippen LogP contribution in [0.3, 0.4) is 0 Å². The summed E-state index contributed by atoms with van der Waals surface area (Å²) >= 11 is 0. The van der Waals surface area contributed by atoms with Gasteiger partial charge in [0.15, 0.2) is 5.78 Å². The van der Waals surface area contributed by atoms with E-state index in [1.54, 1.807) is 14.1 Å². The summed E-state index contributed by atoms with van der Waals surface area (Å²) in [6.45, 7) is 5.31. The lowest BCUT2D eigenvalue weighted by atomic mass is 10.0. The molecule has 1 N–H and O–H groups in total. The molecule has 7 nitrogen and oxygen atoms in total. The van der Waals surface area contributed by atoms with Gasteiger partial charge in [0.1, 0.15) is 5.69 Å². The minimum atomic E-state index is -0.562. The van der Waals surface area contributed by atoms with Crippen molar-refractivity contribution in [1.29, 1.82) is 0 Å². The minimum absolute atomic E-state index is 0.0273. The first-order valence-electron chi connectivity index (χ1n) is 8.00.